The van der Waals surface area contributed by atoms with Crippen LogP contribution in [0.2, 0.25) is 10.0 Å². The van der Waals surface area contributed by atoms with Crippen LogP contribution >= 0.6 is 35.0 Å². The number of aromatic nitrogens is 3. The van der Waals surface area contributed by atoms with Crippen molar-refractivity contribution in [3.63, 3.8) is 0 Å². The summed E-state index contributed by atoms with van der Waals surface area (Å²) in [5.74, 6) is 2.95. The van der Waals surface area contributed by atoms with E-state index in [0.29, 0.717) is 45.4 Å². The number of hydrogen-bond donors (Lipinski definition) is 0. The van der Waals surface area contributed by atoms with Gasteiger partial charge in [-0.2, -0.15) is 0 Å². The smallest absolute Gasteiger partial charge is 0.203 e. The van der Waals surface area contributed by atoms with Crippen LogP contribution < -0.4 is 14.2 Å². The zero-order chi connectivity index (χ0) is 21.0. The Morgan fingerprint density at radius 2 is 1.59 bits per heavy atom. The van der Waals surface area contributed by atoms with E-state index in [1.807, 2.05) is 41.8 Å². The second-order valence-electron chi connectivity index (χ2n) is 5.95. The number of rotatable bonds is 8. The van der Waals surface area contributed by atoms with Gasteiger partial charge in [0.2, 0.25) is 5.75 Å². The van der Waals surface area contributed by atoms with E-state index in [4.69, 9.17) is 37.4 Å². The molecule has 0 bridgehead atoms. The van der Waals surface area contributed by atoms with Gasteiger partial charge in [0.15, 0.2) is 22.5 Å². The van der Waals surface area contributed by atoms with E-state index in [1.54, 1.807) is 21.3 Å². The molecule has 3 rings (SSSR count). The number of methoxy groups -OCH3 is 3. The molecular weight excluding hydrogens is 433 g/mol. The van der Waals surface area contributed by atoms with Gasteiger partial charge in [-0.25, -0.2) is 0 Å². The van der Waals surface area contributed by atoms with Crippen LogP contribution in [0.3, 0.4) is 0 Å². The highest BCUT2D eigenvalue weighted by atomic mass is 35.5. The average Bonchev–Trinajstić information content (AvgIpc) is 3.15. The van der Waals surface area contributed by atoms with Crippen LogP contribution in [0.5, 0.6) is 17.2 Å². The fourth-order valence-corrected chi connectivity index (χ4v) is 4.66. The van der Waals surface area contributed by atoms with Crippen LogP contribution in [0.15, 0.2) is 35.5 Å². The number of benzene rings is 2. The minimum absolute atomic E-state index is 0.532. The summed E-state index contributed by atoms with van der Waals surface area (Å²) in [6.07, 6.45) is 0. The predicted octanol–water partition coefficient (Wildman–Crippen LogP) is 5.59. The SMILES string of the molecule is CCn1c(SCc2c(Cl)cccc2Cl)nnc1-c1cc(OC)c(OC)c(OC)c1. The zero-order valence-electron chi connectivity index (χ0n) is 16.5. The van der Waals surface area contributed by atoms with Crippen molar-refractivity contribution in [1.82, 2.24) is 14.8 Å². The average molecular weight is 454 g/mol. The van der Waals surface area contributed by atoms with Crippen LogP contribution in [-0.4, -0.2) is 36.1 Å². The number of thioether (sulfide) groups is 1. The van der Waals surface area contributed by atoms with Crippen molar-refractivity contribution in [3.8, 4) is 28.6 Å². The van der Waals surface area contributed by atoms with E-state index in [0.717, 1.165) is 16.3 Å². The topological polar surface area (TPSA) is 58.4 Å². The fourth-order valence-electron chi connectivity index (χ4n) is 2.91. The lowest BCUT2D eigenvalue weighted by Gasteiger charge is -2.14. The van der Waals surface area contributed by atoms with Gasteiger partial charge in [0, 0.05) is 27.9 Å². The summed E-state index contributed by atoms with van der Waals surface area (Å²) in [4.78, 5) is 0. The number of hydrogen-bond acceptors (Lipinski definition) is 6. The quantitative estimate of drug-likeness (QED) is 0.414. The van der Waals surface area contributed by atoms with E-state index in [9.17, 15) is 0 Å². The molecule has 29 heavy (non-hydrogen) atoms. The summed E-state index contributed by atoms with van der Waals surface area (Å²) in [7, 11) is 4.74. The molecule has 0 aliphatic heterocycles. The first-order valence-electron chi connectivity index (χ1n) is 8.83. The van der Waals surface area contributed by atoms with Gasteiger partial charge in [-0.15, -0.1) is 10.2 Å². The summed E-state index contributed by atoms with van der Waals surface area (Å²) in [5, 5.41) is 10.8. The van der Waals surface area contributed by atoms with Crippen molar-refractivity contribution < 1.29 is 14.2 Å². The first-order chi connectivity index (χ1) is 14.0. The van der Waals surface area contributed by atoms with Crippen LogP contribution in [0.25, 0.3) is 11.4 Å². The molecule has 0 unspecified atom stereocenters. The molecule has 2 aromatic carbocycles. The van der Waals surface area contributed by atoms with Crippen LogP contribution in [0.4, 0.5) is 0 Å². The molecule has 0 spiro atoms. The summed E-state index contributed by atoms with van der Waals surface area (Å²) >= 11 is 14.1. The second kappa shape index (κ2) is 9.61. The molecule has 1 heterocycles. The third-order valence-electron chi connectivity index (χ3n) is 4.36. The van der Waals surface area contributed by atoms with Gasteiger partial charge in [-0.3, -0.25) is 0 Å². The lowest BCUT2D eigenvalue weighted by atomic mass is 10.1. The second-order valence-corrected chi connectivity index (χ2v) is 7.71. The molecular formula is C20H21Cl2N3O3S. The minimum Gasteiger partial charge on any atom is -0.493 e. The summed E-state index contributed by atoms with van der Waals surface area (Å²) < 4.78 is 18.3. The standard InChI is InChI=1S/C20H21Cl2N3O3S/c1-5-25-19(12-9-16(26-2)18(28-4)17(10-12)27-3)23-24-20(25)29-11-13-14(21)7-6-8-15(13)22/h6-10H,5,11H2,1-4H3. The summed E-state index contributed by atoms with van der Waals surface area (Å²) in [6, 6.07) is 9.20. The van der Waals surface area contributed by atoms with E-state index >= 15 is 0 Å². The summed E-state index contributed by atoms with van der Waals surface area (Å²) in [5.41, 5.74) is 1.69. The molecule has 0 aliphatic rings. The molecule has 0 fully saturated rings. The molecule has 0 saturated heterocycles. The lowest BCUT2D eigenvalue weighted by molar-refractivity contribution is 0.324. The Labute approximate surface area is 184 Å². The van der Waals surface area contributed by atoms with Gasteiger partial charge in [-0.1, -0.05) is 41.0 Å². The van der Waals surface area contributed by atoms with Gasteiger partial charge < -0.3 is 18.8 Å². The van der Waals surface area contributed by atoms with Gasteiger partial charge in [0.05, 0.1) is 21.3 Å². The van der Waals surface area contributed by atoms with Crippen molar-refractivity contribution in [2.24, 2.45) is 0 Å². The first-order valence-corrected chi connectivity index (χ1v) is 10.6. The molecule has 0 N–H and O–H groups in total. The highest BCUT2D eigenvalue weighted by Crippen LogP contribution is 2.41. The van der Waals surface area contributed by atoms with E-state index in [-0.39, 0.29) is 0 Å². The maximum atomic E-state index is 6.29. The van der Waals surface area contributed by atoms with Crippen molar-refractivity contribution in [2.45, 2.75) is 24.4 Å². The predicted molar refractivity (Wildman–Crippen MR) is 117 cm³/mol. The number of ether oxygens (including phenoxy) is 3. The molecule has 9 heteroatoms. The molecule has 0 radical (unpaired) electrons. The molecule has 3 aromatic rings. The van der Waals surface area contributed by atoms with Crippen molar-refractivity contribution in [1.29, 1.82) is 0 Å². The molecule has 0 atom stereocenters. The fraction of sp³-hybridized carbons (Fsp3) is 0.300. The van der Waals surface area contributed by atoms with Gasteiger partial charge >= 0.3 is 0 Å². The molecule has 0 amide bonds. The number of halogens is 2. The first kappa shape index (κ1) is 21.6. The van der Waals surface area contributed by atoms with Gasteiger partial charge in [0.1, 0.15) is 0 Å². The third kappa shape index (κ3) is 4.42. The van der Waals surface area contributed by atoms with Crippen molar-refractivity contribution in [2.75, 3.05) is 21.3 Å². The van der Waals surface area contributed by atoms with Crippen LogP contribution in [-0.2, 0) is 12.3 Å². The molecule has 0 aliphatic carbocycles. The highest BCUT2D eigenvalue weighted by molar-refractivity contribution is 7.98. The number of nitrogens with zero attached hydrogens (tertiary/aromatic N) is 3. The Balaban J connectivity index is 1.96. The molecule has 154 valence electrons. The molecule has 6 nitrogen and oxygen atoms in total. The van der Waals surface area contributed by atoms with Gasteiger partial charge in [-0.05, 0) is 36.8 Å². The highest BCUT2D eigenvalue weighted by Gasteiger charge is 2.19. The minimum atomic E-state index is 0.532. The summed E-state index contributed by atoms with van der Waals surface area (Å²) in [6.45, 7) is 2.73. The normalized spacial score (nSPS) is 10.8. The zero-order valence-corrected chi connectivity index (χ0v) is 18.9. The Morgan fingerprint density at radius 1 is 0.966 bits per heavy atom. The monoisotopic (exact) mass is 453 g/mol. The third-order valence-corrected chi connectivity index (χ3v) is 6.06. The maximum absolute atomic E-state index is 6.29. The van der Waals surface area contributed by atoms with E-state index < -0.39 is 0 Å². The van der Waals surface area contributed by atoms with Crippen molar-refractivity contribution >= 4 is 35.0 Å². The van der Waals surface area contributed by atoms with Crippen molar-refractivity contribution in [3.05, 3.63) is 45.9 Å². The maximum Gasteiger partial charge on any atom is 0.203 e. The Morgan fingerprint density at radius 3 is 2.10 bits per heavy atom. The molecule has 0 saturated carbocycles. The van der Waals surface area contributed by atoms with Crippen LogP contribution in [0, 0.1) is 0 Å². The Kier molecular flexibility index (Phi) is 7.16. The van der Waals surface area contributed by atoms with E-state index in [2.05, 4.69) is 10.2 Å². The lowest BCUT2D eigenvalue weighted by Crippen LogP contribution is -2.01. The molecule has 1 aromatic heterocycles. The Bertz CT molecular complexity index is 965. The van der Waals surface area contributed by atoms with Crippen LogP contribution in [0.1, 0.15) is 12.5 Å². The Hall–Kier alpha value is -2.09. The largest absolute Gasteiger partial charge is 0.493 e. The van der Waals surface area contributed by atoms with E-state index in [1.165, 1.54) is 11.8 Å². The van der Waals surface area contributed by atoms with Gasteiger partial charge in [0.25, 0.3) is 0 Å².